The second kappa shape index (κ2) is 3.61. The Kier molecular flexibility index (Phi) is 3.32. The van der Waals surface area contributed by atoms with E-state index < -0.39 is 0 Å². The lowest BCUT2D eigenvalue weighted by molar-refractivity contribution is -0.122. The molecule has 0 aliphatic carbocycles. The fourth-order valence-electron chi connectivity index (χ4n) is 0.0962. The highest BCUT2D eigenvalue weighted by Gasteiger charge is 2.13. The molecule has 0 spiro atoms. The van der Waals surface area contributed by atoms with Crippen LogP contribution in [0.5, 0.6) is 0 Å². The van der Waals surface area contributed by atoms with Crippen LogP contribution in [0.3, 0.4) is 0 Å². The van der Waals surface area contributed by atoms with Gasteiger partial charge >= 0.3 is 0 Å². The highest BCUT2D eigenvalue weighted by molar-refractivity contribution is 5.32. The molecular weight excluding hydrogens is 96.0 g/mol. The number of ether oxygens (including phenoxy) is 1. The van der Waals surface area contributed by atoms with E-state index in [9.17, 15) is 0 Å². The van der Waals surface area contributed by atoms with Crippen molar-refractivity contribution >= 4 is 6.47 Å². The number of hydrogen-bond acceptors (Lipinski definition) is 2. The second-order valence-electron chi connectivity index (χ2n) is 1.25. The predicted molar refractivity (Wildman–Crippen MR) is 24.1 cm³/mol. The smallest absolute Gasteiger partial charge is 0.290 e. The van der Waals surface area contributed by atoms with Gasteiger partial charge in [-0.2, -0.15) is 0 Å². The number of hydrogen-bond donors (Lipinski definition) is 1. The topological polar surface area (TPSA) is 49.8 Å². The van der Waals surface area contributed by atoms with Crippen LogP contribution in [-0.2, 0) is 9.53 Å². The molecule has 0 saturated carbocycles. The van der Waals surface area contributed by atoms with Crippen molar-refractivity contribution < 1.29 is 14.6 Å². The van der Waals surface area contributed by atoms with Gasteiger partial charge in [0.15, 0.2) is 0 Å². The highest BCUT2D eigenvalue weighted by atomic mass is 16.6. The Morgan fingerprint density at radius 2 is 2.14 bits per heavy atom. The molecular formula is C4H8O3. The van der Waals surface area contributed by atoms with E-state index in [4.69, 9.17) is 14.6 Å². The maximum atomic E-state index is 8.36. The quantitative estimate of drug-likeness (QED) is 0.350. The summed E-state index contributed by atoms with van der Waals surface area (Å²) >= 11 is 0. The van der Waals surface area contributed by atoms with Gasteiger partial charge < -0.3 is 9.84 Å². The van der Waals surface area contributed by atoms with E-state index in [1.165, 1.54) is 0 Å². The summed E-state index contributed by atoms with van der Waals surface area (Å²) in [5.41, 5.74) is 0. The van der Waals surface area contributed by atoms with Gasteiger partial charge in [-0.15, -0.1) is 0 Å². The average Bonchev–Trinajstić information content (AvgIpc) is 2.25. The first-order valence-electron chi connectivity index (χ1n) is 2.00. The van der Waals surface area contributed by atoms with Crippen LogP contribution in [0.4, 0.5) is 0 Å². The molecule has 1 rings (SSSR count). The zero-order valence-electron chi connectivity index (χ0n) is 4.13. The molecule has 0 aromatic carbocycles. The fourth-order valence-corrected chi connectivity index (χ4v) is 0.0962. The van der Waals surface area contributed by atoms with Crippen molar-refractivity contribution in [1.82, 2.24) is 0 Å². The molecule has 1 unspecified atom stereocenters. The van der Waals surface area contributed by atoms with Crippen LogP contribution in [0.2, 0.25) is 0 Å². The predicted octanol–water partition coefficient (Wildman–Crippen LogP) is 0.106. The molecule has 3 heteroatoms. The van der Waals surface area contributed by atoms with Gasteiger partial charge in [-0.3, -0.25) is 4.79 Å². The van der Waals surface area contributed by atoms with Crippen LogP contribution in [0.25, 0.3) is 0 Å². The summed E-state index contributed by atoms with van der Waals surface area (Å²) in [5.74, 6) is 0. The largest absolute Gasteiger partial charge is 0.483 e. The maximum Gasteiger partial charge on any atom is 0.290 e. The summed E-state index contributed by atoms with van der Waals surface area (Å²) in [6, 6.07) is 0. The SMILES string of the molecule is CC1CO1.O=CO. The lowest BCUT2D eigenvalue weighted by Crippen LogP contribution is -1.60. The molecule has 1 aliphatic rings. The summed E-state index contributed by atoms with van der Waals surface area (Å²) in [6.07, 6.45) is 0.583. The lowest BCUT2D eigenvalue weighted by Gasteiger charge is -1.50. The van der Waals surface area contributed by atoms with E-state index in [0.717, 1.165) is 6.61 Å². The molecule has 1 heterocycles. The first kappa shape index (κ1) is 6.43. The van der Waals surface area contributed by atoms with Gasteiger partial charge in [-0.05, 0) is 6.92 Å². The summed E-state index contributed by atoms with van der Waals surface area (Å²) in [4.78, 5) is 8.36. The Morgan fingerprint density at radius 3 is 2.14 bits per heavy atom. The third kappa shape index (κ3) is 10.8. The Bertz CT molecular complexity index is 48.9. The first-order valence-corrected chi connectivity index (χ1v) is 2.00. The third-order valence-corrected chi connectivity index (χ3v) is 0.500. The van der Waals surface area contributed by atoms with Crippen molar-refractivity contribution in [2.24, 2.45) is 0 Å². The molecule has 1 N–H and O–H groups in total. The molecule has 0 bridgehead atoms. The molecule has 1 saturated heterocycles. The normalized spacial score (nSPS) is 24.4. The molecule has 42 valence electrons. The van der Waals surface area contributed by atoms with Gasteiger partial charge in [0.2, 0.25) is 0 Å². The van der Waals surface area contributed by atoms with Gasteiger partial charge in [-0.1, -0.05) is 0 Å². The zero-order valence-corrected chi connectivity index (χ0v) is 4.13. The minimum absolute atomic E-state index is 0.250. The van der Waals surface area contributed by atoms with Crippen molar-refractivity contribution in [2.75, 3.05) is 6.61 Å². The van der Waals surface area contributed by atoms with Gasteiger partial charge in [0, 0.05) is 0 Å². The van der Waals surface area contributed by atoms with E-state index in [0.29, 0.717) is 6.10 Å². The standard InChI is InChI=1S/C3H6O.CH2O2/c1-3-2-4-3;2-1-3/h3H,2H2,1H3;1H,(H,2,3). The molecule has 1 fully saturated rings. The minimum Gasteiger partial charge on any atom is -0.483 e. The van der Waals surface area contributed by atoms with Gasteiger partial charge in [-0.25, -0.2) is 0 Å². The molecule has 1 aliphatic heterocycles. The van der Waals surface area contributed by atoms with Crippen LogP contribution in [0.1, 0.15) is 6.92 Å². The van der Waals surface area contributed by atoms with Gasteiger partial charge in [0.25, 0.3) is 6.47 Å². The van der Waals surface area contributed by atoms with E-state index >= 15 is 0 Å². The Hall–Kier alpha value is -0.570. The van der Waals surface area contributed by atoms with E-state index in [2.05, 4.69) is 6.92 Å². The van der Waals surface area contributed by atoms with Crippen molar-refractivity contribution in [3.8, 4) is 0 Å². The van der Waals surface area contributed by atoms with Crippen molar-refractivity contribution in [3.05, 3.63) is 0 Å². The van der Waals surface area contributed by atoms with Crippen LogP contribution in [0, 0.1) is 0 Å². The number of epoxide rings is 1. The van der Waals surface area contributed by atoms with Crippen molar-refractivity contribution in [1.29, 1.82) is 0 Å². The van der Waals surface area contributed by atoms with Crippen LogP contribution < -0.4 is 0 Å². The fraction of sp³-hybridized carbons (Fsp3) is 0.750. The van der Waals surface area contributed by atoms with E-state index in [-0.39, 0.29) is 6.47 Å². The molecule has 0 aromatic rings. The van der Waals surface area contributed by atoms with E-state index in [1.54, 1.807) is 0 Å². The summed E-state index contributed by atoms with van der Waals surface area (Å²) < 4.78 is 4.71. The van der Waals surface area contributed by atoms with Gasteiger partial charge in [0.1, 0.15) is 0 Å². The Morgan fingerprint density at radius 1 is 2.00 bits per heavy atom. The van der Waals surface area contributed by atoms with Crippen LogP contribution >= 0.6 is 0 Å². The third-order valence-electron chi connectivity index (χ3n) is 0.500. The summed E-state index contributed by atoms with van der Waals surface area (Å²) in [6.45, 7) is 2.79. The molecule has 7 heavy (non-hydrogen) atoms. The van der Waals surface area contributed by atoms with Crippen LogP contribution in [0.15, 0.2) is 0 Å². The number of rotatable bonds is 0. The monoisotopic (exact) mass is 104 g/mol. The van der Waals surface area contributed by atoms with Crippen molar-refractivity contribution in [3.63, 3.8) is 0 Å². The summed E-state index contributed by atoms with van der Waals surface area (Å²) in [7, 11) is 0. The van der Waals surface area contributed by atoms with Crippen LogP contribution in [-0.4, -0.2) is 24.3 Å². The Labute approximate surface area is 41.9 Å². The zero-order chi connectivity index (χ0) is 5.70. The molecule has 1 atom stereocenters. The maximum absolute atomic E-state index is 8.36. The number of carboxylic acid groups (broad SMARTS) is 1. The average molecular weight is 104 g/mol. The van der Waals surface area contributed by atoms with Crippen molar-refractivity contribution in [2.45, 2.75) is 13.0 Å². The first-order chi connectivity index (χ1) is 3.31. The second-order valence-corrected chi connectivity index (χ2v) is 1.25. The summed E-state index contributed by atoms with van der Waals surface area (Å²) in [5, 5.41) is 6.89. The minimum atomic E-state index is -0.250. The highest BCUT2D eigenvalue weighted by Crippen LogP contribution is 2.04. The Balaban J connectivity index is 0.000000110. The van der Waals surface area contributed by atoms with Gasteiger partial charge in [0.05, 0.1) is 12.7 Å². The molecule has 3 nitrogen and oxygen atoms in total. The number of carbonyl (C=O) groups is 1. The van der Waals surface area contributed by atoms with E-state index in [1.807, 2.05) is 0 Å². The molecule has 0 radical (unpaired) electrons. The lowest BCUT2D eigenvalue weighted by atomic mass is 10.6. The molecule has 0 aromatic heterocycles. The molecule has 0 amide bonds.